The quantitative estimate of drug-likeness (QED) is 0.911. The van der Waals surface area contributed by atoms with Crippen molar-refractivity contribution in [3.63, 3.8) is 0 Å². The first kappa shape index (κ1) is 14.2. The van der Waals surface area contributed by atoms with Gasteiger partial charge in [-0.1, -0.05) is 0 Å². The first-order chi connectivity index (χ1) is 11.8. The average molecular weight is 324 g/mol. The number of hydrogen-bond acceptors (Lipinski definition) is 5. The monoisotopic (exact) mass is 324 g/mol. The summed E-state index contributed by atoms with van der Waals surface area (Å²) in [4.78, 5) is 23.6. The van der Waals surface area contributed by atoms with Gasteiger partial charge in [-0.2, -0.15) is 0 Å². The van der Waals surface area contributed by atoms with Crippen LogP contribution in [0.15, 0.2) is 28.9 Å². The van der Waals surface area contributed by atoms with Crippen molar-refractivity contribution in [1.29, 1.82) is 0 Å². The lowest BCUT2D eigenvalue weighted by Crippen LogP contribution is -2.43. The lowest BCUT2D eigenvalue weighted by Gasteiger charge is -2.30. The van der Waals surface area contributed by atoms with Crippen molar-refractivity contribution in [2.24, 2.45) is 5.92 Å². The molecule has 2 aromatic rings. The van der Waals surface area contributed by atoms with Gasteiger partial charge in [-0.3, -0.25) is 9.78 Å². The van der Waals surface area contributed by atoms with E-state index in [0.29, 0.717) is 24.5 Å². The van der Waals surface area contributed by atoms with Crippen LogP contribution in [0.5, 0.6) is 0 Å². The molecule has 6 heteroatoms. The number of amides is 1. The number of oxazole rings is 1. The third-order valence-electron chi connectivity index (χ3n) is 5.57. The molecule has 0 radical (unpaired) electrons. The Morgan fingerprint density at radius 3 is 3.08 bits per heavy atom. The summed E-state index contributed by atoms with van der Waals surface area (Å²) in [6.45, 7) is 1.28. The molecule has 1 N–H and O–H groups in total. The van der Waals surface area contributed by atoms with Crippen molar-refractivity contribution in [3.8, 4) is 11.5 Å². The predicted octanol–water partition coefficient (Wildman–Crippen LogP) is 1.76. The lowest BCUT2D eigenvalue weighted by molar-refractivity contribution is -0.137. The summed E-state index contributed by atoms with van der Waals surface area (Å²) < 4.78 is 5.89. The van der Waals surface area contributed by atoms with Crippen molar-refractivity contribution in [2.75, 3.05) is 6.54 Å². The van der Waals surface area contributed by atoms with Gasteiger partial charge in [0.1, 0.15) is 11.5 Å². The normalized spacial score (nSPS) is 28.2. The third-order valence-corrected chi connectivity index (χ3v) is 5.57. The average Bonchev–Trinajstić information content (AvgIpc) is 3.35. The zero-order chi connectivity index (χ0) is 16.1. The molecule has 3 aliphatic rings. The van der Waals surface area contributed by atoms with Crippen molar-refractivity contribution in [3.05, 3.63) is 36.0 Å². The van der Waals surface area contributed by atoms with Crippen LogP contribution < -0.4 is 5.32 Å². The minimum absolute atomic E-state index is 0.148. The van der Waals surface area contributed by atoms with Crippen LogP contribution >= 0.6 is 0 Å². The molecule has 3 atom stereocenters. The standard InChI is InChI=1S/C18H20N4O2/c23-18(13-8-12-3-4-14(13)20-12)22-7-5-16-15(10-22)21-17(24-16)11-2-1-6-19-9-11/h1-2,6,9,12-14,20H,3-5,7-8,10H2/t12-,13+,14+/m1/s1. The molecule has 2 aromatic heterocycles. The first-order valence-electron chi connectivity index (χ1n) is 8.72. The van der Waals surface area contributed by atoms with Crippen molar-refractivity contribution in [2.45, 2.75) is 44.3 Å². The molecule has 1 amide bonds. The van der Waals surface area contributed by atoms with E-state index >= 15 is 0 Å². The first-order valence-corrected chi connectivity index (χ1v) is 8.72. The second-order valence-electron chi connectivity index (χ2n) is 7.03. The van der Waals surface area contributed by atoms with Crippen LogP contribution in [0.3, 0.4) is 0 Å². The Kier molecular flexibility index (Phi) is 3.19. The molecule has 5 rings (SSSR count). The highest BCUT2D eigenvalue weighted by Crippen LogP contribution is 2.35. The van der Waals surface area contributed by atoms with Crippen molar-refractivity contribution in [1.82, 2.24) is 20.2 Å². The fourth-order valence-corrected chi connectivity index (χ4v) is 4.33. The molecule has 2 bridgehead atoms. The van der Waals surface area contributed by atoms with E-state index in [9.17, 15) is 4.79 Å². The van der Waals surface area contributed by atoms with Crippen LogP contribution in [-0.4, -0.2) is 39.4 Å². The zero-order valence-corrected chi connectivity index (χ0v) is 13.4. The molecule has 2 saturated heterocycles. The third kappa shape index (κ3) is 2.24. The SMILES string of the molecule is O=C([C@H]1C[C@H]2CC[C@@H]1N2)N1CCc2oc(-c3cccnc3)nc2C1. The summed E-state index contributed by atoms with van der Waals surface area (Å²) in [5.74, 6) is 1.94. The molecule has 0 unspecified atom stereocenters. The number of carbonyl (C=O) groups excluding carboxylic acids is 1. The Hall–Kier alpha value is -2.21. The molecular weight excluding hydrogens is 304 g/mol. The summed E-state index contributed by atoms with van der Waals surface area (Å²) in [7, 11) is 0. The van der Waals surface area contributed by atoms with Gasteiger partial charge in [-0.25, -0.2) is 4.98 Å². The summed E-state index contributed by atoms with van der Waals surface area (Å²) in [6.07, 6.45) is 7.57. The highest BCUT2D eigenvalue weighted by molar-refractivity contribution is 5.80. The second kappa shape index (κ2) is 5.41. The van der Waals surface area contributed by atoms with Crippen LogP contribution in [0, 0.1) is 5.92 Å². The van der Waals surface area contributed by atoms with Crippen molar-refractivity contribution >= 4 is 5.91 Å². The minimum Gasteiger partial charge on any atom is -0.441 e. The number of rotatable bonds is 2. The Morgan fingerprint density at radius 1 is 1.38 bits per heavy atom. The lowest BCUT2D eigenvalue weighted by atomic mass is 9.88. The Labute approximate surface area is 140 Å². The van der Waals surface area contributed by atoms with E-state index in [1.54, 1.807) is 12.4 Å². The van der Waals surface area contributed by atoms with E-state index in [-0.39, 0.29) is 11.8 Å². The topological polar surface area (TPSA) is 71.3 Å². The van der Waals surface area contributed by atoms with Crippen LogP contribution in [0.4, 0.5) is 0 Å². The fraction of sp³-hybridized carbons (Fsp3) is 0.500. The van der Waals surface area contributed by atoms with E-state index in [1.807, 2.05) is 17.0 Å². The van der Waals surface area contributed by atoms with Gasteiger partial charge in [0.25, 0.3) is 0 Å². The molecule has 3 aliphatic heterocycles. The summed E-state index contributed by atoms with van der Waals surface area (Å²) >= 11 is 0. The second-order valence-corrected chi connectivity index (χ2v) is 7.03. The van der Waals surface area contributed by atoms with Gasteiger partial charge >= 0.3 is 0 Å². The Balaban J connectivity index is 1.35. The molecule has 24 heavy (non-hydrogen) atoms. The number of carbonyl (C=O) groups is 1. The molecule has 0 saturated carbocycles. The highest BCUT2D eigenvalue weighted by Gasteiger charge is 2.44. The zero-order valence-electron chi connectivity index (χ0n) is 13.4. The minimum atomic E-state index is 0.148. The molecule has 2 fully saturated rings. The summed E-state index contributed by atoms with van der Waals surface area (Å²) in [5, 5.41) is 3.55. The predicted molar refractivity (Wildman–Crippen MR) is 86.9 cm³/mol. The van der Waals surface area contributed by atoms with Crippen molar-refractivity contribution < 1.29 is 9.21 Å². The van der Waals surface area contributed by atoms with Gasteiger partial charge in [-0.15, -0.1) is 0 Å². The number of hydrogen-bond donors (Lipinski definition) is 1. The van der Waals surface area contributed by atoms with Crippen LogP contribution in [-0.2, 0) is 17.8 Å². The molecule has 6 nitrogen and oxygen atoms in total. The van der Waals surface area contributed by atoms with Crippen LogP contribution in [0.2, 0.25) is 0 Å². The number of pyridine rings is 1. The van der Waals surface area contributed by atoms with E-state index in [2.05, 4.69) is 15.3 Å². The molecule has 124 valence electrons. The molecule has 5 heterocycles. The molecule has 0 aliphatic carbocycles. The Bertz CT molecular complexity index is 773. The van der Waals surface area contributed by atoms with Crippen LogP contribution in [0.1, 0.15) is 30.7 Å². The maximum atomic E-state index is 12.9. The van der Waals surface area contributed by atoms with E-state index in [0.717, 1.165) is 42.8 Å². The van der Waals surface area contributed by atoms with Gasteiger partial charge < -0.3 is 14.6 Å². The number of nitrogens with one attached hydrogen (secondary N) is 1. The number of fused-ring (bicyclic) bond motifs is 3. The molecular formula is C18H20N4O2. The van der Waals surface area contributed by atoms with Gasteiger partial charge in [-0.05, 0) is 31.4 Å². The van der Waals surface area contributed by atoms with E-state index < -0.39 is 0 Å². The maximum Gasteiger partial charge on any atom is 0.228 e. The fourth-order valence-electron chi connectivity index (χ4n) is 4.33. The largest absolute Gasteiger partial charge is 0.441 e. The van der Waals surface area contributed by atoms with Gasteiger partial charge in [0.2, 0.25) is 11.8 Å². The summed E-state index contributed by atoms with van der Waals surface area (Å²) in [6, 6.07) is 4.74. The van der Waals surface area contributed by atoms with E-state index in [1.165, 1.54) is 6.42 Å². The smallest absolute Gasteiger partial charge is 0.228 e. The number of aromatic nitrogens is 2. The van der Waals surface area contributed by atoms with Gasteiger partial charge in [0.15, 0.2) is 0 Å². The van der Waals surface area contributed by atoms with E-state index in [4.69, 9.17) is 4.42 Å². The summed E-state index contributed by atoms with van der Waals surface area (Å²) in [5.41, 5.74) is 1.77. The number of nitrogens with zero attached hydrogens (tertiary/aromatic N) is 3. The van der Waals surface area contributed by atoms with Gasteiger partial charge in [0, 0.05) is 37.4 Å². The molecule has 0 aromatic carbocycles. The molecule has 0 spiro atoms. The maximum absolute atomic E-state index is 12.9. The highest BCUT2D eigenvalue weighted by atomic mass is 16.4. The van der Waals surface area contributed by atoms with Crippen LogP contribution in [0.25, 0.3) is 11.5 Å². The van der Waals surface area contributed by atoms with Gasteiger partial charge in [0.05, 0.1) is 18.0 Å². The Morgan fingerprint density at radius 2 is 2.33 bits per heavy atom.